The van der Waals surface area contributed by atoms with Gasteiger partial charge in [-0.2, -0.15) is 0 Å². The normalized spacial score (nSPS) is 11.6. The lowest BCUT2D eigenvalue weighted by atomic mass is 10.5. The van der Waals surface area contributed by atoms with Gasteiger partial charge < -0.3 is 4.57 Å². The molecule has 0 N–H and O–H groups in total. The molecule has 0 aliphatic rings. The predicted molar refractivity (Wildman–Crippen MR) is 63.9 cm³/mol. The number of nitrogens with zero attached hydrogens (tertiary/aromatic N) is 5. The Balaban J connectivity index is 2.88. The van der Waals surface area contributed by atoms with E-state index in [2.05, 4.69) is 4.98 Å². The summed E-state index contributed by atoms with van der Waals surface area (Å²) in [6, 6.07) is 0. The number of fused-ring (bicyclic) bond motifs is 1. The van der Waals surface area contributed by atoms with E-state index in [1.807, 2.05) is 0 Å². The number of imidazole rings is 1. The van der Waals surface area contributed by atoms with E-state index in [9.17, 15) is 9.59 Å². The van der Waals surface area contributed by atoms with Crippen molar-refractivity contribution in [3.05, 3.63) is 27.2 Å². The first kappa shape index (κ1) is 11.6. The molecule has 92 valence electrons. The van der Waals surface area contributed by atoms with Gasteiger partial charge in [0.1, 0.15) is 5.65 Å². The average molecular weight is 237 g/mol. The fourth-order valence-corrected chi connectivity index (χ4v) is 1.86. The molecule has 0 bridgehead atoms. The Labute approximate surface area is 97.5 Å². The molecule has 2 aromatic rings. The van der Waals surface area contributed by atoms with Gasteiger partial charge in [0.15, 0.2) is 5.52 Å². The van der Waals surface area contributed by atoms with Crippen LogP contribution in [0, 0.1) is 0 Å². The largest absolute Gasteiger partial charge is 0.333 e. The molecule has 17 heavy (non-hydrogen) atoms. The summed E-state index contributed by atoms with van der Waals surface area (Å²) >= 11 is 0. The lowest BCUT2D eigenvalue weighted by Gasteiger charge is -2.13. The Morgan fingerprint density at radius 1 is 1.29 bits per heavy atom. The van der Waals surface area contributed by atoms with Gasteiger partial charge >= 0.3 is 5.69 Å². The van der Waals surface area contributed by atoms with Crippen molar-refractivity contribution in [3.8, 4) is 0 Å². The molecule has 0 spiro atoms. The highest BCUT2D eigenvalue weighted by atomic mass is 16.2. The first-order valence-electron chi connectivity index (χ1n) is 5.19. The summed E-state index contributed by atoms with van der Waals surface area (Å²) < 4.78 is 4.28. The zero-order valence-electron chi connectivity index (χ0n) is 10.3. The van der Waals surface area contributed by atoms with Gasteiger partial charge in [-0.05, 0) is 14.1 Å². The highest BCUT2D eigenvalue weighted by Gasteiger charge is 2.14. The third kappa shape index (κ3) is 1.68. The minimum atomic E-state index is -0.350. The SMILES string of the molecule is CN(C)Cn1c(=O)c2ncn(C)c2n(C)c1=O. The molecular weight excluding hydrogens is 222 g/mol. The van der Waals surface area contributed by atoms with Gasteiger partial charge in [0.2, 0.25) is 0 Å². The summed E-state index contributed by atoms with van der Waals surface area (Å²) in [4.78, 5) is 29.9. The van der Waals surface area contributed by atoms with E-state index in [-0.39, 0.29) is 17.9 Å². The van der Waals surface area contributed by atoms with E-state index in [1.54, 1.807) is 37.7 Å². The number of hydrogen-bond donors (Lipinski definition) is 0. The third-order valence-corrected chi connectivity index (χ3v) is 2.61. The summed E-state index contributed by atoms with van der Waals surface area (Å²) in [5.74, 6) is 0. The van der Waals surface area contributed by atoms with Crippen LogP contribution in [-0.2, 0) is 20.8 Å². The van der Waals surface area contributed by atoms with E-state index < -0.39 is 0 Å². The number of hydrogen-bond acceptors (Lipinski definition) is 4. The number of aromatic nitrogens is 4. The first-order chi connectivity index (χ1) is 7.93. The Morgan fingerprint density at radius 2 is 1.94 bits per heavy atom. The van der Waals surface area contributed by atoms with Crippen molar-refractivity contribution in [2.45, 2.75) is 6.67 Å². The molecule has 7 nitrogen and oxygen atoms in total. The highest BCUT2D eigenvalue weighted by Crippen LogP contribution is 2.02. The van der Waals surface area contributed by atoms with Crippen LogP contribution in [0.25, 0.3) is 11.2 Å². The lowest BCUT2D eigenvalue weighted by molar-refractivity contribution is 0.311. The van der Waals surface area contributed by atoms with Gasteiger partial charge in [0.05, 0.1) is 13.0 Å². The summed E-state index contributed by atoms with van der Waals surface area (Å²) in [5, 5.41) is 0. The molecule has 2 aromatic heterocycles. The zero-order chi connectivity index (χ0) is 12.7. The van der Waals surface area contributed by atoms with Crippen LogP contribution in [0.15, 0.2) is 15.9 Å². The molecule has 0 aliphatic carbocycles. The van der Waals surface area contributed by atoms with Gasteiger partial charge in [0.25, 0.3) is 5.56 Å². The minimum absolute atomic E-state index is 0.248. The Morgan fingerprint density at radius 3 is 2.53 bits per heavy atom. The Bertz CT molecular complexity index is 676. The number of rotatable bonds is 2. The fraction of sp³-hybridized carbons (Fsp3) is 0.500. The van der Waals surface area contributed by atoms with Crippen LogP contribution in [0.3, 0.4) is 0 Å². The van der Waals surface area contributed by atoms with Crippen molar-refractivity contribution in [3.63, 3.8) is 0 Å². The molecule has 0 saturated carbocycles. The fourth-order valence-electron chi connectivity index (χ4n) is 1.86. The van der Waals surface area contributed by atoms with Gasteiger partial charge in [0, 0.05) is 14.1 Å². The summed E-state index contributed by atoms with van der Waals surface area (Å²) in [5.41, 5.74) is 0.170. The second-order valence-corrected chi connectivity index (χ2v) is 4.32. The molecular formula is C10H15N5O2. The molecule has 0 radical (unpaired) electrons. The van der Waals surface area contributed by atoms with Crippen molar-refractivity contribution in [1.82, 2.24) is 23.6 Å². The molecule has 0 amide bonds. The molecule has 0 aromatic carbocycles. The van der Waals surface area contributed by atoms with E-state index in [1.165, 1.54) is 15.5 Å². The molecule has 7 heteroatoms. The van der Waals surface area contributed by atoms with E-state index in [0.717, 1.165) is 0 Å². The maximum atomic E-state index is 12.1. The van der Waals surface area contributed by atoms with Crippen molar-refractivity contribution in [2.24, 2.45) is 14.1 Å². The third-order valence-electron chi connectivity index (χ3n) is 2.61. The highest BCUT2D eigenvalue weighted by molar-refractivity contribution is 5.69. The van der Waals surface area contributed by atoms with Gasteiger partial charge in [-0.3, -0.25) is 14.3 Å². The first-order valence-corrected chi connectivity index (χ1v) is 5.19. The molecule has 2 rings (SSSR count). The van der Waals surface area contributed by atoms with Crippen LogP contribution >= 0.6 is 0 Å². The Hall–Kier alpha value is -1.89. The smallest absolute Gasteiger partial charge is 0.320 e. The molecule has 0 atom stereocenters. The molecule has 2 heterocycles. The maximum Gasteiger partial charge on any atom is 0.333 e. The van der Waals surface area contributed by atoms with Crippen molar-refractivity contribution < 1.29 is 0 Å². The van der Waals surface area contributed by atoms with Gasteiger partial charge in [-0.15, -0.1) is 0 Å². The van der Waals surface area contributed by atoms with E-state index >= 15 is 0 Å². The maximum absolute atomic E-state index is 12.1. The zero-order valence-corrected chi connectivity index (χ0v) is 10.3. The predicted octanol–water partition coefficient (Wildman–Crippen LogP) is -1.05. The second-order valence-electron chi connectivity index (χ2n) is 4.32. The van der Waals surface area contributed by atoms with Crippen molar-refractivity contribution in [2.75, 3.05) is 14.1 Å². The van der Waals surface area contributed by atoms with E-state index in [4.69, 9.17) is 0 Å². The van der Waals surface area contributed by atoms with Crippen LogP contribution in [0.1, 0.15) is 0 Å². The molecule has 0 aliphatic heterocycles. The standard InChI is InChI=1S/C10H15N5O2/c1-12(2)6-15-9(16)7-8(13(3)5-11-7)14(4)10(15)17/h5H,6H2,1-4H3. The quantitative estimate of drug-likeness (QED) is 0.668. The number of aryl methyl sites for hydroxylation is 2. The lowest BCUT2D eigenvalue weighted by Crippen LogP contribution is -2.42. The summed E-state index contributed by atoms with van der Waals surface area (Å²) in [7, 11) is 6.99. The van der Waals surface area contributed by atoms with Crippen molar-refractivity contribution in [1.29, 1.82) is 0 Å². The molecule has 0 saturated heterocycles. The summed E-state index contributed by atoms with van der Waals surface area (Å²) in [6.07, 6.45) is 1.53. The topological polar surface area (TPSA) is 65.1 Å². The summed E-state index contributed by atoms with van der Waals surface area (Å²) in [6.45, 7) is 0.248. The van der Waals surface area contributed by atoms with Crippen LogP contribution in [0.5, 0.6) is 0 Å². The van der Waals surface area contributed by atoms with Crippen LogP contribution < -0.4 is 11.2 Å². The van der Waals surface area contributed by atoms with Crippen LogP contribution in [0.2, 0.25) is 0 Å². The van der Waals surface area contributed by atoms with Gasteiger partial charge in [-0.25, -0.2) is 14.3 Å². The average Bonchev–Trinajstić information content (AvgIpc) is 2.63. The van der Waals surface area contributed by atoms with Gasteiger partial charge in [-0.1, -0.05) is 0 Å². The van der Waals surface area contributed by atoms with Crippen LogP contribution in [0.4, 0.5) is 0 Å². The van der Waals surface area contributed by atoms with E-state index in [0.29, 0.717) is 11.2 Å². The second kappa shape index (κ2) is 3.85. The monoisotopic (exact) mass is 237 g/mol. The van der Waals surface area contributed by atoms with Crippen LogP contribution in [-0.4, -0.2) is 37.7 Å². The van der Waals surface area contributed by atoms with Crippen molar-refractivity contribution >= 4 is 11.2 Å². The molecule has 0 fully saturated rings. The minimum Gasteiger partial charge on any atom is -0.320 e. The molecule has 0 unspecified atom stereocenters. The Kier molecular flexibility index (Phi) is 2.62.